The third kappa shape index (κ3) is 5.73. The minimum Gasteiger partial charge on any atom is -0.454 e. The van der Waals surface area contributed by atoms with Crippen molar-refractivity contribution in [1.29, 1.82) is 5.26 Å². The van der Waals surface area contributed by atoms with Crippen LogP contribution in [-0.2, 0) is 13.0 Å². The van der Waals surface area contributed by atoms with Crippen LogP contribution in [0.1, 0.15) is 23.6 Å². The summed E-state index contributed by atoms with van der Waals surface area (Å²) in [7, 11) is 0. The van der Waals surface area contributed by atoms with Crippen LogP contribution in [0.5, 0.6) is 11.5 Å². The molecule has 0 atom stereocenters. The molecule has 0 unspecified atom stereocenters. The molecule has 2 N–H and O–H groups in total. The van der Waals surface area contributed by atoms with Crippen molar-refractivity contribution >= 4 is 29.9 Å². The van der Waals surface area contributed by atoms with E-state index in [4.69, 9.17) is 14.7 Å². The summed E-state index contributed by atoms with van der Waals surface area (Å²) in [6.07, 6.45) is 0.784. The highest BCUT2D eigenvalue weighted by molar-refractivity contribution is 14.0. The molecule has 0 amide bonds. The van der Waals surface area contributed by atoms with Crippen LogP contribution >= 0.6 is 24.0 Å². The quantitative estimate of drug-likeness (QED) is 0.365. The van der Waals surface area contributed by atoms with E-state index in [0.717, 1.165) is 23.5 Å². The lowest BCUT2D eigenvalue weighted by molar-refractivity contribution is 0.174. The highest BCUT2D eigenvalue weighted by atomic mass is 127. The number of nitriles is 1. The Morgan fingerprint density at radius 3 is 2.75 bits per heavy atom. The van der Waals surface area contributed by atoms with Gasteiger partial charge in [0, 0.05) is 18.7 Å². The van der Waals surface area contributed by atoms with Crippen molar-refractivity contribution in [3.63, 3.8) is 0 Å². The number of ether oxygens (including phenoxy) is 2. The zero-order valence-electron chi connectivity index (χ0n) is 15.5. The molecule has 0 aromatic heterocycles. The van der Waals surface area contributed by atoms with Crippen LogP contribution in [0, 0.1) is 17.1 Å². The average Bonchev–Trinajstić information content (AvgIpc) is 3.14. The summed E-state index contributed by atoms with van der Waals surface area (Å²) in [5, 5.41) is 15.2. The summed E-state index contributed by atoms with van der Waals surface area (Å²) >= 11 is 0. The van der Waals surface area contributed by atoms with E-state index in [1.54, 1.807) is 12.1 Å². The van der Waals surface area contributed by atoms with Crippen LogP contribution in [0.3, 0.4) is 0 Å². The number of fused-ring (bicyclic) bond motifs is 1. The molecule has 3 rings (SSSR count). The summed E-state index contributed by atoms with van der Waals surface area (Å²) < 4.78 is 24.7. The number of guanidine groups is 1. The first kappa shape index (κ1) is 21.8. The Bertz CT molecular complexity index is 883. The van der Waals surface area contributed by atoms with E-state index < -0.39 is 5.82 Å². The fourth-order valence-electron chi connectivity index (χ4n) is 2.67. The van der Waals surface area contributed by atoms with Gasteiger partial charge in [-0.15, -0.1) is 24.0 Å². The van der Waals surface area contributed by atoms with Gasteiger partial charge in [-0.2, -0.15) is 5.26 Å². The van der Waals surface area contributed by atoms with Gasteiger partial charge >= 0.3 is 0 Å². The van der Waals surface area contributed by atoms with Gasteiger partial charge in [0.05, 0.1) is 18.2 Å². The standard InChI is InChI=1S/C20H21FN4O2.HI/c1-2-23-20(25-12-16-5-3-15(11-22)9-17(16)21)24-8-7-14-4-6-18-19(10-14)27-13-26-18;/h3-6,9-10H,2,7-8,12-13H2,1H3,(H2,23,24,25);1H. The molecule has 1 heterocycles. The molecule has 1 aliphatic heterocycles. The SMILES string of the molecule is CCNC(=NCc1ccc(C#N)cc1F)NCCc1ccc2c(c1)OCO2.I. The van der Waals surface area contributed by atoms with Gasteiger partial charge < -0.3 is 20.1 Å². The van der Waals surface area contributed by atoms with Crippen molar-refractivity contribution in [2.24, 2.45) is 4.99 Å². The largest absolute Gasteiger partial charge is 0.454 e. The molecule has 0 bridgehead atoms. The van der Waals surface area contributed by atoms with Gasteiger partial charge in [0.15, 0.2) is 17.5 Å². The molecule has 148 valence electrons. The number of benzene rings is 2. The molecule has 0 spiro atoms. The van der Waals surface area contributed by atoms with E-state index >= 15 is 0 Å². The molecule has 0 fully saturated rings. The van der Waals surface area contributed by atoms with Gasteiger partial charge in [-0.3, -0.25) is 0 Å². The molecule has 0 saturated heterocycles. The molecule has 6 nitrogen and oxygen atoms in total. The number of rotatable bonds is 6. The molecule has 0 saturated carbocycles. The van der Waals surface area contributed by atoms with E-state index in [-0.39, 0.29) is 37.3 Å². The monoisotopic (exact) mass is 496 g/mol. The molecule has 0 aliphatic carbocycles. The van der Waals surface area contributed by atoms with E-state index in [0.29, 0.717) is 30.2 Å². The lowest BCUT2D eigenvalue weighted by Crippen LogP contribution is -2.38. The van der Waals surface area contributed by atoms with Crippen molar-refractivity contribution in [2.75, 3.05) is 19.9 Å². The number of hydrogen-bond acceptors (Lipinski definition) is 4. The Hall–Kier alpha value is -2.54. The Kier molecular flexibility index (Phi) is 8.32. The predicted octanol–water partition coefficient (Wildman–Crippen LogP) is 3.34. The zero-order valence-corrected chi connectivity index (χ0v) is 17.8. The van der Waals surface area contributed by atoms with Crippen molar-refractivity contribution in [2.45, 2.75) is 19.9 Å². The first-order chi connectivity index (χ1) is 13.2. The van der Waals surface area contributed by atoms with Gasteiger partial charge in [-0.1, -0.05) is 12.1 Å². The average molecular weight is 496 g/mol. The molecule has 8 heteroatoms. The highest BCUT2D eigenvalue weighted by Gasteiger charge is 2.13. The number of nitrogens with one attached hydrogen (secondary N) is 2. The maximum atomic E-state index is 14.0. The second kappa shape index (κ2) is 10.7. The first-order valence-electron chi connectivity index (χ1n) is 8.79. The minimum atomic E-state index is -0.422. The van der Waals surface area contributed by atoms with Crippen LogP contribution in [-0.4, -0.2) is 25.8 Å². The van der Waals surface area contributed by atoms with Crippen molar-refractivity contribution < 1.29 is 13.9 Å². The summed E-state index contributed by atoms with van der Waals surface area (Å²) in [5.41, 5.74) is 1.87. The predicted molar refractivity (Wildman–Crippen MR) is 116 cm³/mol. The van der Waals surface area contributed by atoms with E-state index in [1.807, 2.05) is 31.2 Å². The molecular weight excluding hydrogens is 474 g/mol. The number of nitrogens with zero attached hydrogens (tertiary/aromatic N) is 2. The molecule has 2 aromatic rings. The zero-order chi connectivity index (χ0) is 19.1. The fraction of sp³-hybridized carbons (Fsp3) is 0.300. The third-order valence-corrected chi connectivity index (χ3v) is 4.08. The van der Waals surface area contributed by atoms with Gasteiger partial charge in [0.2, 0.25) is 6.79 Å². The van der Waals surface area contributed by atoms with Crippen molar-refractivity contribution in [3.05, 3.63) is 58.9 Å². The number of hydrogen-bond donors (Lipinski definition) is 2. The van der Waals surface area contributed by atoms with Crippen LogP contribution in [0.2, 0.25) is 0 Å². The molecule has 2 aromatic carbocycles. The summed E-state index contributed by atoms with van der Waals surface area (Å²) in [4.78, 5) is 4.42. The maximum absolute atomic E-state index is 14.0. The molecule has 28 heavy (non-hydrogen) atoms. The minimum absolute atomic E-state index is 0. The summed E-state index contributed by atoms with van der Waals surface area (Å²) in [5.74, 6) is 1.73. The third-order valence-electron chi connectivity index (χ3n) is 4.08. The Balaban J connectivity index is 0.00000280. The first-order valence-corrected chi connectivity index (χ1v) is 8.79. The van der Waals surface area contributed by atoms with E-state index in [2.05, 4.69) is 15.6 Å². The van der Waals surface area contributed by atoms with Gasteiger partial charge in [0.25, 0.3) is 0 Å². The fourth-order valence-corrected chi connectivity index (χ4v) is 2.67. The summed E-state index contributed by atoms with van der Waals surface area (Å²) in [6.45, 7) is 3.79. The Morgan fingerprint density at radius 1 is 1.18 bits per heavy atom. The van der Waals surface area contributed by atoms with E-state index in [9.17, 15) is 4.39 Å². The molecule has 0 radical (unpaired) electrons. The second-order valence-electron chi connectivity index (χ2n) is 5.98. The van der Waals surface area contributed by atoms with Crippen LogP contribution in [0.25, 0.3) is 0 Å². The lowest BCUT2D eigenvalue weighted by Gasteiger charge is -2.12. The van der Waals surface area contributed by atoms with Crippen molar-refractivity contribution in [3.8, 4) is 17.6 Å². The number of aliphatic imine (C=N–C) groups is 1. The van der Waals surface area contributed by atoms with Gasteiger partial charge in [-0.25, -0.2) is 9.38 Å². The smallest absolute Gasteiger partial charge is 0.231 e. The second-order valence-corrected chi connectivity index (χ2v) is 5.98. The van der Waals surface area contributed by atoms with Crippen LogP contribution in [0.4, 0.5) is 4.39 Å². The molecular formula is C20H22FIN4O2. The van der Waals surface area contributed by atoms with Crippen molar-refractivity contribution in [1.82, 2.24) is 10.6 Å². The van der Waals surface area contributed by atoms with E-state index in [1.165, 1.54) is 6.07 Å². The normalized spacial score (nSPS) is 12.1. The van der Waals surface area contributed by atoms with Crippen LogP contribution < -0.4 is 20.1 Å². The summed E-state index contributed by atoms with van der Waals surface area (Å²) in [6, 6.07) is 12.2. The molecule has 1 aliphatic rings. The van der Waals surface area contributed by atoms with Gasteiger partial charge in [0.1, 0.15) is 5.82 Å². The topological polar surface area (TPSA) is 78.7 Å². The Morgan fingerprint density at radius 2 is 2.00 bits per heavy atom. The highest BCUT2D eigenvalue weighted by Crippen LogP contribution is 2.32. The van der Waals surface area contributed by atoms with Gasteiger partial charge in [-0.05, 0) is 43.2 Å². The van der Waals surface area contributed by atoms with Crippen LogP contribution in [0.15, 0.2) is 41.4 Å². The number of halogens is 2. The maximum Gasteiger partial charge on any atom is 0.231 e. The Labute approximate surface area is 180 Å². The lowest BCUT2D eigenvalue weighted by atomic mass is 10.1.